The van der Waals surface area contributed by atoms with Gasteiger partial charge in [-0.1, -0.05) is 25.3 Å². The van der Waals surface area contributed by atoms with Crippen LogP contribution >= 0.6 is 11.3 Å². The van der Waals surface area contributed by atoms with Crippen molar-refractivity contribution in [1.82, 2.24) is 21.4 Å². The summed E-state index contributed by atoms with van der Waals surface area (Å²) in [5.74, 6) is -0.405. The molecule has 0 aliphatic carbocycles. The van der Waals surface area contributed by atoms with E-state index in [2.05, 4.69) is 29.8 Å². The van der Waals surface area contributed by atoms with Crippen LogP contribution in [-0.4, -0.2) is 41.9 Å². The van der Waals surface area contributed by atoms with Crippen LogP contribution in [0.5, 0.6) is 0 Å². The number of nitrogens with zero attached hydrogens (tertiary/aromatic N) is 1. The molecule has 0 aromatic carbocycles. The number of rotatable bonds is 13. The SMILES string of the molecule is CC(C)CCNC(=O)[C@H](CCCNC(=N)N[N+](=O)[O-])NC(=O)CCc1cccs1. The van der Waals surface area contributed by atoms with Gasteiger partial charge in [-0.3, -0.25) is 15.0 Å². The van der Waals surface area contributed by atoms with E-state index in [0.29, 0.717) is 38.1 Å². The Morgan fingerprint density at radius 1 is 1.24 bits per heavy atom. The van der Waals surface area contributed by atoms with Crippen LogP contribution in [0.15, 0.2) is 17.5 Å². The Bertz CT molecular complexity index is 665. The Labute approximate surface area is 174 Å². The Hall–Kier alpha value is -2.69. The Morgan fingerprint density at radius 3 is 2.62 bits per heavy atom. The normalized spacial score (nSPS) is 11.6. The minimum absolute atomic E-state index is 0.196. The van der Waals surface area contributed by atoms with Gasteiger partial charge in [0.15, 0.2) is 5.03 Å². The molecule has 0 fully saturated rings. The first-order chi connectivity index (χ1) is 13.8. The summed E-state index contributed by atoms with van der Waals surface area (Å²) in [4.78, 5) is 36.1. The highest BCUT2D eigenvalue weighted by atomic mass is 32.1. The molecule has 0 saturated carbocycles. The number of nitro groups is 1. The van der Waals surface area contributed by atoms with Gasteiger partial charge in [0.2, 0.25) is 11.8 Å². The lowest BCUT2D eigenvalue weighted by atomic mass is 10.1. The van der Waals surface area contributed by atoms with E-state index in [0.717, 1.165) is 11.3 Å². The maximum Gasteiger partial charge on any atom is 0.251 e. The van der Waals surface area contributed by atoms with Gasteiger partial charge < -0.3 is 16.0 Å². The van der Waals surface area contributed by atoms with Crippen LogP contribution in [0, 0.1) is 21.4 Å². The predicted molar refractivity (Wildman–Crippen MR) is 112 cm³/mol. The molecular weight excluding hydrogens is 396 g/mol. The molecule has 1 aromatic rings. The van der Waals surface area contributed by atoms with E-state index in [1.807, 2.05) is 17.5 Å². The summed E-state index contributed by atoms with van der Waals surface area (Å²) in [5, 5.41) is 26.9. The minimum Gasteiger partial charge on any atom is -0.354 e. The van der Waals surface area contributed by atoms with Crippen LogP contribution in [0.3, 0.4) is 0 Å². The topological polar surface area (TPSA) is 149 Å². The lowest BCUT2D eigenvalue weighted by Gasteiger charge is -2.19. The van der Waals surface area contributed by atoms with Crippen molar-refractivity contribution in [2.45, 2.75) is 52.0 Å². The summed E-state index contributed by atoms with van der Waals surface area (Å²) < 4.78 is 0. The van der Waals surface area contributed by atoms with E-state index in [9.17, 15) is 19.7 Å². The van der Waals surface area contributed by atoms with Gasteiger partial charge in [-0.15, -0.1) is 11.3 Å². The molecule has 5 N–H and O–H groups in total. The van der Waals surface area contributed by atoms with Gasteiger partial charge in [-0.25, -0.2) is 10.1 Å². The van der Waals surface area contributed by atoms with Crippen molar-refractivity contribution in [2.75, 3.05) is 13.1 Å². The third-order valence-electron chi connectivity index (χ3n) is 4.03. The molecular formula is C18H30N6O4S. The largest absolute Gasteiger partial charge is 0.354 e. The number of guanidine groups is 1. The molecule has 0 aliphatic heterocycles. The molecule has 1 atom stereocenters. The number of hydrazine groups is 1. The first kappa shape index (κ1) is 24.3. The summed E-state index contributed by atoms with van der Waals surface area (Å²) in [7, 11) is 0. The van der Waals surface area contributed by atoms with Crippen molar-refractivity contribution >= 4 is 29.1 Å². The molecule has 0 aliphatic rings. The van der Waals surface area contributed by atoms with Crippen LogP contribution in [0.4, 0.5) is 0 Å². The summed E-state index contributed by atoms with van der Waals surface area (Å²) in [6, 6.07) is 3.21. The number of hydrogen-bond acceptors (Lipinski definition) is 6. The first-order valence-corrected chi connectivity index (χ1v) is 10.5. The van der Waals surface area contributed by atoms with Crippen molar-refractivity contribution in [1.29, 1.82) is 5.41 Å². The van der Waals surface area contributed by atoms with Gasteiger partial charge in [-0.2, -0.15) is 0 Å². The van der Waals surface area contributed by atoms with Crippen molar-refractivity contribution in [3.63, 3.8) is 0 Å². The summed E-state index contributed by atoms with van der Waals surface area (Å²) in [6.07, 6.45) is 2.57. The molecule has 1 rings (SSSR count). The summed E-state index contributed by atoms with van der Waals surface area (Å²) in [6.45, 7) is 4.93. The van der Waals surface area contributed by atoms with E-state index in [1.165, 1.54) is 0 Å². The van der Waals surface area contributed by atoms with Crippen LogP contribution in [0.1, 0.15) is 44.4 Å². The third-order valence-corrected chi connectivity index (χ3v) is 4.96. The highest BCUT2D eigenvalue weighted by Crippen LogP contribution is 2.11. The fourth-order valence-electron chi connectivity index (χ4n) is 2.48. The maximum atomic E-state index is 12.5. The van der Waals surface area contributed by atoms with E-state index in [1.54, 1.807) is 16.8 Å². The molecule has 10 nitrogen and oxygen atoms in total. The summed E-state index contributed by atoms with van der Waals surface area (Å²) in [5.41, 5.74) is 1.70. The van der Waals surface area contributed by atoms with Gasteiger partial charge in [0.25, 0.3) is 5.96 Å². The molecule has 0 spiro atoms. The Morgan fingerprint density at radius 2 is 2.00 bits per heavy atom. The molecule has 0 radical (unpaired) electrons. The zero-order chi connectivity index (χ0) is 21.6. The molecule has 0 unspecified atom stereocenters. The first-order valence-electron chi connectivity index (χ1n) is 9.60. The smallest absolute Gasteiger partial charge is 0.251 e. The number of nitrogens with one attached hydrogen (secondary N) is 5. The summed E-state index contributed by atoms with van der Waals surface area (Å²) >= 11 is 1.59. The second-order valence-electron chi connectivity index (χ2n) is 6.99. The van der Waals surface area contributed by atoms with Crippen LogP contribution in [-0.2, 0) is 16.0 Å². The minimum atomic E-state index is -0.825. The number of aryl methyl sites for hydroxylation is 1. The molecule has 2 amide bonds. The van der Waals surface area contributed by atoms with Gasteiger partial charge in [0.1, 0.15) is 6.04 Å². The Balaban J connectivity index is 2.48. The van der Waals surface area contributed by atoms with Crippen LogP contribution < -0.4 is 21.4 Å². The zero-order valence-corrected chi connectivity index (χ0v) is 17.6. The standard InChI is InChI=1S/C18H30N6O4S/c1-13(2)9-11-20-17(26)15(6-3-10-21-18(19)23-24(27)28)22-16(25)8-7-14-5-4-12-29-14/h4-5,12-13,15H,3,6-11H2,1-2H3,(H,20,26)(H,22,25)(H3,19,21,23)/t15-/m0/s1. The second-order valence-corrected chi connectivity index (χ2v) is 8.02. The van der Waals surface area contributed by atoms with E-state index in [4.69, 9.17) is 5.41 Å². The molecule has 162 valence electrons. The lowest BCUT2D eigenvalue weighted by Crippen LogP contribution is -2.47. The molecule has 1 heterocycles. The van der Waals surface area contributed by atoms with Gasteiger partial charge in [0, 0.05) is 24.4 Å². The average molecular weight is 427 g/mol. The number of hydrogen-bond donors (Lipinski definition) is 5. The van der Waals surface area contributed by atoms with Crippen molar-refractivity contribution in [3.05, 3.63) is 32.5 Å². The van der Waals surface area contributed by atoms with Gasteiger partial charge in [-0.05, 0) is 43.0 Å². The zero-order valence-electron chi connectivity index (χ0n) is 16.8. The molecule has 1 aromatic heterocycles. The van der Waals surface area contributed by atoms with E-state index < -0.39 is 17.0 Å². The Kier molecular flexibility index (Phi) is 11.3. The van der Waals surface area contributed by atoms with Crippen molar-refractivity contribution in [3.8, 4) is 0 Å². The molecule has 0 saturated heterocycles. The number of thiophene rings is 1. The number of amides is 2. The van der Waals surface area contributed by atoms with Crippen LogP contribution in [0.25, 0.3) is 0 Å². The van der Waals surface area contributed by atoms with Crippen molar-refractivity contribution in [2.24, 2.45) is 5.92 Å². The van der Waals surface area contributed by atoms with Crippen LogP contribution in [0.2, 0.25) is 0 Å². The second kappa shape index (κ2) is 13.5. The fraction of sp³-hybridized carbons (Fsp3) is 0.611. The van der Waals surface area contributed by atoms with E-state index >= 15 is 0 Å². The van der Waals surface area contributed by atoms with Crippen molar-refractivity contribution < 1.29 is 14.6 Å². The lowest BCUT2D eigenvalue weighted by molar-refractivity contribution is -0.525. The maximum absolute atomic E-state index is 12.5. The number of carbonyl (C=O) groups is 2. The van der Waals surface area contributed by atoms with Gasteiger partial charge in [0.05, 0.1) is 0 Å². The molecule has 11 heteroatoms. The average Bonchev–Trinajstić information content (AvgIpc) is 3.15. The quantitative estimate of drug-likeness (QED) is 0.106. The van der Waals surface area contributed by atoms with Gasteiger partial charge >= 0.3 is 0 Å². The highest BCUT2D eigenvalue weighted by Gasteiger charge is 2.20. The number of carbonyl (C=O) groups excluding carboxylic acids is 2. The monoisotopic (exact) mass is 426 g/mol. The third kappa shape index (κ3) is 11.7. The fourth-order valence-corrected chi connectivity index (χ4v) is 3.19. The van der Waals surface area contributed by atoms with E-state index in [-0.39, 0.29) is 18.4 Å². The highest BCUT2D eigenvalue weighted by molar-refractivity contribution is 7.09. The molecule has 29 heavy (non-hydrogen) atoms. The molecule has 0 bridgehead atoms. The predicted octanol–water partition coefficient (Wildman–Crippen LogP) is 1.41.